The molecular formula is C17H17N5O. The number of anilines is 1. The van der Waals surface area contributed by atoms with Gasteiger partial charge < -0.3 is 14.8 Å². The van der Waals surface area contributed by atoms with E-state index in [1.165, 1.54) is 0 Å². The molecule has 0 radical (unpaired) electrons. The van der Waals surface area contributed by atoms with Gasteiger partial charge in [0.1, 0.15) is 11.5 Å². The van der Waals surface area contributed by atoms with Crippen LogP contribution in [0.15, 0.2) is 48.8 Å². The van der Waals surface area contributed by atoms with Crippen molar-refractivity contribution in [2.45, 2.75) is 0 Å². The molecule has 23 heavy (non-hydrogen) atoms. The van der Waals surface area contributed by atoms with Crippen LogP contribution >= 0.6 is 0 Å². The number of rotatable bonds is 2. The Labute approximate surface area is 133 Å². The first-order chi connectivity index (χ1) is 11.3. The van der Waals surface area contributed by atoms with E-state index in [0.29, 0.717) is 18.8 Å². The summed E-state index contributed by atoms with van der Waals surface area (Å²) >= 11 is 0. The van der Waals surface area contributed by atoms with Gasteiger partial charge in [-0.1, -0.05) is 6.07 Å². The Morgan fingerprint density at radius 2 is 1.83 bits per heavy atom. The summed E-state index contributed by atoms with van der Waals surface area (Å²) in [5, 5.41) is 0. The first kappa shape index (κ1) is 13.8. The minimum atomic E-state index is 0.0312. The van der Waals surface area contributed by atoms with Gasteiger partial charge in [0.25, 0.3) is 5.91 Å². The summed E-state index contributed by atoms with van der Waals surface area (Å²) in [6, 6.07) is 11.5. The van der Waals surface area contributed by atoms with Crippen LogP contribution < -0.4 is 4.90 Å². The zero-order valence-corrected chi connectivity index (χ0v) is 12.6. The van der Waals surface area contributed by atoms with E-state index in [-0.39, 0.29) is 5.91 Å². The molecule has 0 atom stereocenters. The van der Waals surface area contributed by atoms with Crippen molar-refractivity contribution >= 4 is 22.8 Å². The summed E-state index contributed by atoms with van der Waals surface area (Å²) in [6.07, 6.45) is 3.53. The van der Waals surface area contributed by atoms with Gasteiger partial charge in [0.15, 0.2) is 0 Å². The third-order valence-corrected chi connectivity index (χ3v) is 4.16. The number of carbonyl (C=O) groups excluding carboxylic acids is 1. The number of amides is 1. The molecule has 0 unspecified atom stereocenters. The molecule has 3 aromatic heterocycles. The molecule has 6 heteroatoms. The van der Waals surface area contributed by atoms with Gasteiger partial charge in [-0.2, -0.15) is 0 Å². The van der Waals surface area contributed by atoms with Crippen molar-refractivity contribution in [1.29, 1.82) is 0 Å². The quantitative estimate of drug-likeness (QED) is 0.785. The highest BCUT2D eigenvalue weighted by atomic mass is 16.2. The molecule has 0 aromatic carbocycles. The standard InChI is InChI=1S/C17H17N5O/c23-17(15-12-14-13(20-15)4-3-7-18-14)22-10-8-21(9-11-22)16-5-1-2-6-19-16/h1-7,12,20H,8-11H2. The SMILES string of the molecule is O=C(c1cc2ncccc2[nH]1)N1CCN(c2ccccn2)CC1. The smallest absolute Gasteiger partial charge is 0.270 e. The minimum Gasteiger partial charge on any atom is -0.353 e. The van der Waals surface area contributed by atoms with E-state index in [1.807, 2.05) is 41.3 Å². The van der Waals surface area contributed by atoms with Crippen molar-refractivity contribution in [3.8, 4) is 0 Å². The number of aromatic amines is 1. The van der Waals surface area contributed by atoms with Crippen LogP contribution in [0.5, 0.6) is 0 Å². The summed E-state index contributed by atoms with van der Waals surface area (Å²) in [5.74, 6) is 0.998. The number of carbonyl (C=O) groups is 1. The Morgan fingerprint density at radius 1 is 1.00 bits per heavy atom. The molecule has 116 valence electrons. The van der Waals surface area contributed by atoms with Crippen LogP contribution in [0.2, 0.25) is 0 Å². The molecular weight excluding hydrogens is 290 g/mol. The van der Waals surface area contributed by atoms with E-state index in [9.17, 15) is 4.79 Å². The van der Waals surface area contributed by atoms with Crippen LogP contribution in [0, 0.1) is 0 Å². The molecule has 6 nitrogen and oxygen atoms in total. The maximum atomic E-state index is 12.6. The number of fused-ring (bicyclic) bond motifs is 1. The lowest BCUT2D eigenvalue weighted by Crippen LogP contribution is -2.49. The molecule has 0 bridgehead atoms. The molecule has 1 fully saturated rings. The van der Waals surface area contributed by atoms with Gasteiger partial charge in [-0.15, -0.1) is 0 Å². The highest BCUT2D eigenvalue weighted by molar-refractivity contribution is 5.97. The van der Waals surface area contributed by atoms with Crippen molar-refractivity contribution in [1.82, 2.24) is 19.9 Å². The van der Waals surface area contributed by atoms with E-state index in [0.717, 1.165) is 29.9 Å². The molecule has 1 amide bonds. The normalized spacial score (nSPS) is 15.1. The molecule has 4 heterocycles. The Hall–Kier alpha value is -2.89. The van der Waals surface area contributed by atoms with Crippen LogP contribution in [0.25, 0.3) is 11.0 Å². The third-order valence-electron chi connectivity index (χ3n) is 4.16. The van der Waals surface area contributed by atoms with Gasteiger partial charge in [-0.25, -0.2) is 4.98 Å². The van der Waals surface area contributed by atoms with Gasteiger partial charge in [-0.05, 0) is 30.3 Å². The zero-order valence-electron chi connectivity index (χ0n) is 12.6. The minimum absolute atomic E-state index is 0.0312. The maximum Gasteiger partial charge on any atom is 0.270 e. The molecule has 1 aliphatic heterocycles. The number of aromatic nitrogens is 3. The van der Waals surface area contributed by atoms with Gasteiger partial charge >= 0.3 is 0 Å². The number of nitrogens with one attached hydrogen (secondary N) is 1. The second-order valence-electron chi connectivity index (χ2n) is 5.59. The fourth-order valence-electron chi connectivity index (χ4n) is 2.92. The van der Waals surface area contributed by atoms with Crippen molar-refractivity contribution in [2.24, 2.45) is 0 Å². The Bertz CT molecular complexity index is 788. The lowest BCUT2D eigenvalue weighted by molar-refractivity contribution is 0.0741. The van der Waals surface area contributed by atoms with Crippen LogP contribution in [-0.4, -0.2) is 51.9 Å². The zero-order chi connectivity index (χ0) is 15.6. The average Bonchev–Trinajstić information content (AvgIpc) is 3.06. The Balaban J connectivity index is 1.46. The van der Waals surface area contributed by atoms with Gasteiger partial charge in [0.05, 0.1) is 11.0 Å². The average molecular weight is 307 g/mol. The van der Waals surface area contributed by atoms with Crippen molar-refractivity contribution in [3.63, 3.8) is 0 Å². The predicted molar refractivity (Wildman–Crippen MR) is 88.4 cm³/mol. The molecule has 0 aliphatic carbocycles. The molecule has 4 rings (SSSR count). The number of hydrogen-bond donors (Lipinski definition) is 1. The first-order valence-corrected chi connectivity index (χ1v) is 7.70. The van der Waals surface area contributed by atoms with Crippen molar-refractivity contribution in [2.75, 3.05) is 31.1 Å². The molecule has 0 saturated carbocycles. The summed E-state index contributed by atoms with van der Waals surface area (Å²) < 4.78 is 0. The van der Waals surface area contributed by atoms with Crippen molar-refractivity contribution < 1.29 is 4.79 Å². The van der Waals surface area contributed by atoms with Gasteiger partial charge in [-0.3, -0.25) is 9.78 Å². The van der Waals surface area contributed by atoms with E-state index in [1.54, 1.807) is 12.4 Å². The van der Waals surface area contributed by atoms with Gasteiger partial charge in [0.2, 0.25) is 0 Å². The van der Waals surface area contributed by atoms with Crippen LogP contribution in [0.3, 0.4) is 0 Å². The molecule has 3 aromatic rings. The summed E-state index contributed by atoms with van der Waals surface area (Å²) in [6.45, 7) is 2.97. The second kappa shape index (κ2) is 5.72. The second-order valence-corrected chi connectivity index (χ2v) is 5.59. The summed E-state index contributed by atoms with van der Waals surface area (Å²) in [5.41, 5.74) is 2.32. The number of piperazine rings is 1. The van der Waals surface area contributed by atoms with E-state index in [2.05, 4.69) is 19.9 Å². The van der Waals surface area contributed by atoms with Crippen LogP contribution in [-0.2, 0) is 0 Å². The molecule has 1 N–H and O–H groups in total. The fraction of sp³-hybridized carbons (Fsp3) is 0.235. The van der Waals surface area contributed by atoms with Crippen LogP contribution in [0.4, 0.5) is 5.82 Å². The topological polar surface area (TPSA) is 65.1 Å². The Kier molecular flexibility index (Phi) is 3.42. The summed E-state index contributed by atoms with van der Waals surface area (Å²) in [4.78, 5) is 28.5. The molecule has 1 aliphatic rings. The number of H-pyrrole nitrogens is 1. The highest BCUT2D eigenvalue weighted by Crippen LogP contribution is 2.17. The third kappa shape index (κ3) is 2.63. The Morgan fingerprint density at radius 3 is 2.57 bits per heavy atom. The maximum absolute atomic E-state index is 12.6. The predicted octanol–water partition coefficient (Wildman–Crippen LogP) is 1.92. The lowest BCUT2D eigenvalue weighted by atomic mass is 10.2. The van der Waals surface area contributed by atoms with Crippen molar-refractivity contribution in [3.05, 3.63) is 54.5 Å². The number of nitrogens with zero attached hydrogens (tertiary/aromatic N) is 4. The van der Waals surface area contributed by atoms with E-state index < -0.39 is 0 Å². The first-order valence-electron chi connectivity index (χ1n) is 7.70. The molecule has 0 spiro atoms. The molecule has 1 saturated heterocycles. The lowest BCUT2D eigenvalue weighted by Gasteiger charge is -2.35. The monoisotopic (exact) mass is 307 g/mol. The highest BCUT2D eigenvalue weighted by Gasteiger charge is 2.23. The summed E-state index contributed by atoms with van der Waals surface area (Å²) in [7, 11) is 0. The largest absolute Gasteiger partial charge is 0.353 e. The number of hydrogen-bond acceptors (Lipinski definition) is 4. The fourth-order valence-corrected chi connectivity index (χ4v) is 2.92. The van der Waals surface area contributed by atoms with Crippen LogP contribution in [0.1, 0.15) is 10.5 Å². The van der Waals surface area contributed by atoms with E-state index in [4.69, 9.17) is 0 Å². The van der Waals surface area contributed by atoms with E-state index >= 15 is 0 Å². The number of pyridine rings is 2. The van der Waals surface area contributed by atoms with Gasteiger partial charge in [0, 0.05) is 38.6 Å².